The van der Waals surface area contributed by atoms with Crippen LogP contribution < -0.4 is 11.0 Å². The van der Waals surface area contributed by atoms with Crippen molar-refractivity contribution in [3.05, 3.63) is 82.0 Å². The maximum absolute atomic E-state index is 12.9. The van der Waals surface area contributed by atoms with Gasteiger partial charge in [-0.05, 0) is 60.5 Å². The van der Waals surface area contributed by atoms with Gasteiger partial charge < -0.3 is 9.72 Å². The van der Waals surface area contributed by atoms with Crippen LogP contribution in [0.25, 0.3) is 38.8 Å². The summed E-state index contributed by atoms with van der Waals surface area (Å²) in [4.78, 5) is 36.0. The quantitative estimate of drug-likeness (QED) is 0.392. The van der Waals surface area contributed by atoms with Gasteiger partial charge in [-0.25, -0.2) is 14.6 Å². The molecular weight excluding hydrogens is 442 g/mol. The van der Waals surface area contributed by atoms with E-state index in [2.05, 4.69) is 25.0 Å². The molecule has 8 nitrogen and oxygen atoms in total. The summed E-state index contributed by atoms with van der Waals surface area (Å²) >= 11 is 6.13. The number of pyridine rings is 2. The minimum Gasteiger partial charge on any atom is -0.453 e. The highest BCUT2D eigenvalue weighted by molar-refractivity contribution is 6.30. The van der Waals surface area contributed by atoms with Gasteiger partial charge in [0.25, 0.3) is 0 Å². The average molecular weight is 460 g/mol. The lowest BCUT2D eigenvalue weighted by Gasteiger charge is -2.10. The topological polar surface area (TPSA) is 102 Å². The summed E-state index contributed by atoms with van der Waals surface area (Å²) in [5.74, 6) is 0.383. The van der Waals surface area contributed by atoms with Crippen molar-refractivity contribution >= 4 is 45.4 Å². The number of ether oxygens (including phenoxy) is 1. The molecule has 3 aromatic heterocycles. The first-order valence-electron chi connectivity index (χ1n) is 10.1. The number of imidazole rings is 1. The number of halogens is 1. The van der Waals surface area contributed by atoms with Crippen molar-refractivity contribution in [2.24, 2.45) is 0 Å². The van der Waals surface area contributed by atoms with Gasteiger partial charge in [-0.2, -0.15) is 0 Å². The smallest absolute Gasteiger partial charge is 0.412 e. The summed E-state index contributed by atoms with van der Waals surface area (Å²) < 4.78 is 6.24. The Labute approximate surface area is 192 Å². The molecule has 164 valence electrons. The van der Waals surface area contributed by atoms with Crippen LogP contribution in [-0.4, -0.2) is 32.7 Å². The zero-order valence-corrected chi connectivity index (χ0v) is 18.5. The Balaban J connectivity index is 1.68. The molecule has 0 radical (unpaired) electrons. The molecule has 1 amide bonds. The highest BCUT2D eigenvalue weighted by Crippen LogP contribution is 2.30. The van der Waals surface area contributed by atoms with Gasteiger partial charge in [-0.1, -0.05) is 17.7 Å². The van der Waals surface area contributed by atoms with E-state index in [-0.39, 0.29) is 5.69 Å². The number of methoxy groups -OCH3 is 1. The van der Waals surface area contributed by atoms with Gasteiger partial charge in [-0.3, -0.25) is 14.9 Å². The molecule has 0 saturated carbocycles. The van der Waals surface area contributed by atoms with Crippen LogP contribution in [0.15, 0.2) is 65.7 Å². The van der Waals surface area contributed by atoms with Gasteiger partial charge in [-0.15, -0.1) is 0 Å². The summed E-state index contributed by atoms with van der Waals surface area (Å²) in [6.07, 6.45) is 2.74. The second-order valence-electron chi connectivity index (χ2n) is 7.50. The number of carbonyl (C=O) groups is 1. The van der Waals surface area contributed by atoms with Gasteiger partial charge in [0.05, 0.1) is 35.5 Å². The highest BCUT2D eigenvalue weighted by Gasteiger charge is 2.15. The van der Waals surface area contributed by atoms with Gasteiger partial charge in [0.2, 0.25) is 0 Å². The highest BCUT2D eigenvalue weighted by atomic mass is 35.5. The van der Waals surface area contributed by atoms with Gasteiger partial charge >= 0.3 is 11.8 Å². The molecule has 2 N–H and O–H groups in total. The first-order valence-corrected chi connectivity index (χ1v) is 10.4. The third-order valence-electron chi connectivity index (χ3n) is 5.42. The summed E-state index contributed by atoms with van der Waals surface area (Å²) in [5, 5.41) is 3.95. The molecule has 33 heavy (non-hydrogen) atoms. The number of nitrogens with zero attached hydrogens (tertiary/aromatic N) is 3. The van der Waals surface area contributed by atoms with Crippen molar-refractivity contribution < 1.29 is 9.53 Å². The van der Waals surface area contributed by atoms with E-state index >= 15 is 0 Å². The molecule has 3 heterocycles. The molecule has 0 spiro atoms. The Morgan fingerprint density at radius 3 is 2.61 bits per heavy atom. The number of aromatic nitrogens is 4. The minimum absolute atomic E-state index is 0.255. The maximum Gasteiger partial charge on any atom is 0.412 e. The van der Waals surface area contributed by atoms with Crippen LogP contribution >= 0.6 is 11.6 Å². The number of H-pyrrole nitrogens is 1. The number of amides is 1. The largest absolute Gasteiger partial charge is 0.453 e. The summed E-state index contributed by atoms with van der Waals surface area (Å²) in [6, 6.07) is 14.8. The Morgan fingerprint density at radius 1 is 1.06 bits per heavy atom. The number of hydrogen-bond donors (Lipinski definition) is 2. The van der Waals surface area contributed by atoms with E-state index in [0.717, 1.165) is 38.8 Å². The summed E-state index contributed by atoms with van der Waals surface area (Å²) in [5.41, 5.74) is 5.22. The van der Waals surface area contributed by atoms with Crippen LogP contribution in [0, 0.1) is 6.92 Å². The monoisotopic (exact) mass is 459 g/mol. The molecule has 5 aromatic rings. The normalized spacial score (nSPS) is 11.1. The number of rotatable bonds is 3. The van der Waals surface area contributed by atoms with Crippen molar-refractivity contribution in [3.8, 4) is 16.8 Å². The van der Waals surface area contributed by atoms with Crippen molar-refractivity contribution in [3.63, 3.8) is 0 Å². The maximum atomic E-state index is 12.9. The zero-order chi connectivity index (χ0) is 23.1. The molecule has 9 heteroatoms. The van der Waals surface area contributed by atoms with E-state index in [1.807, 2.05) is 43.3 Å². The molecule has 0 saturated heterocycles. The van der Waals surface area contributed by atoms with Crippen LogP contribution in [-0.2, 0) is 4.74 Å². The average Bonchev–Trinajstić information content (AvgIpc) is 3.15. The molecular formula is C24H18ClN5O3. The van der Waals surface area contributed by atoms with Gasteiger partial charge in [0, 0.05) is 22.2 Å². The number of aromatic amines is 1. The van der Waals surface area contributed by atoms with Gasteiger partial charge in [0.15, 0.2) is 0 Å². The first kappa shape index (κ1) is 20.7. The number of aryl methyl sites for hydroxylation is 1. The number of carbonyl (C=O) groups excluding carboxylic acids is 1. The number of nitrogens with one attached hydrogen (secondary N) is 2. The van der Waals surface area contributed by atoms with Crippen LogP contribution in [0.1, 0.15) is 5.56 Å². The Kier molecular flexibility index (Phi) is 5.07. The van der Waals surface area contributed by atoms with E-state index < -0.39 is 6.09 Å². The van der Waals surface area contributed by atoms with Crippen molar-refractivity contribution in [2.45, 2.75) is 6.92 Å². The summed E-state index contributed by atoms with van der Waals surface area (Å²) in [7, 11) is 1.29. The molecule has 0 fully saturated rings. The molecule has 0 bridgehead atoms. The fourth-order valence-electron chi connectivity index (χ4n) is 3.86. The number of fused-ring (bicyclic) bond motifs is 3. The second kappa shape index (κ2) is 8.07. The predicted molar refractivity (Wildman–Crippen MR) is 128 cm³/mol. The van der Waals surface area contributed by atoms with Crippen LogP contribution in [0.2, 0.25) is 5.02 Å². The van der Waals surface area contributed by atoms with Crippen LogP contribution in [0.4, 0.5) is 10.6 Å². The molecule has 0 atom stereocenters. The van der Waals surface area contributed by atoms with E-state index in [1.165, 1.54) is 7.11 Å². The fraction of sp³-hybridized carbons (Fsp3) is 0.0833. The van der Waals surface area contributed by atoms with Crippen molar-refractivity contribution in [1.29, 1.82) is 0 Å². The van der Waals surface area contributed by atoms with Crippen molar-refractivity contribution in [1.82, 2.24) is 19.5 Å². The van der Waals surface area contributed by atoms with Crippen molar-refractivity contribution in [2.75, 3.05) is 12.4 Å². The van der Waals surface area contributed by atoms with E-state index in [9.17, 15) is 9.59 Å². The third-order valence-corrected chi connectivity index (χ3v) is 5.66. The standard InChI is InChI=1S/C24H18ClN5O3/c1-13-9-16(25)5-7-20(13)30-22-17-10-14(3-6-18(17)26-12-19(22)28-23(30)31)15-4-8-21(27-11-15)29-24(32)33-2/h3-12H,1-2H3,(H,28,31)(H,27,29,32). The lowest BCUT2D eigenvalue weighted by molar-refractivity contribution is 0.187. The molecule has 0 unspecified atom stereocenters. The first-order chi connectivity index (χ1) is 15.9. The lowest BCUT2D eigenvalue weighted by atomic mass is 10.0. The number of hydrogen-bond acceptors (Lipinski definition) is 5. The third kappa shape index (κ3) is 3.70. The molecule has 0 aliphatic rings. The number of anilines is 1. The Morgan fingerprint density at radius 2 is 1.88 bits per heavy atom. The van der Waals surface area contributed by atoms with E-state index in [0.29, 0.717) is 16.4 Å². The minimum atomic E-state index is -0.586. The predicted octanol–water partition coefficient (Wildman–Crippen LogP) is 5.07. The van der Waals surface area contributed by atoms with Gasteiger partial charge in [0.1, 0.15) is 5.82 Å². The SMILES string of the molecule is COC(=O)Nc1ccc(-c2ccc3ncc4[nH]c(=O)n(-c5ccc(Cl)cc5C)c4c3c2)cn1. The van der Waals surface area contributed by atoms with Crippen LogP contribution in [0.5, 0.6) is 0 Å². The summed E-state index contributed by atoms with van der Waals surface area (Å²) in [6.45, 7) is 1.91. The second-order valence-corrected chi connectivity index (χ2v) is 7.93. The zero-order valence-electron chi connectivity index (χ0n) is 17.7. The molecule has 5 rings (SSSR count). The van der Waals surface area contributed by atoms with E-state index in [4.69, 9.17) is 11.6 Å². The Bertz CT molecular complexity index is 1590. The van der Waals surface area contributed by atoms with Crippen LogP contribution in [0.3, 0.4) is 0 Å². The number of benzene rings is 2. The molecule has 0 aliphatic carbocycles. The lowest BCUT2D eigenvalue weighted by Crippen LogP contribution is -2.15. The fourth-order valence-corrected chi connectivity index (χ4v) is 4.08. The Hall–Kier alpha value is -4.17. The molecule has 0 aliphatic heterocycles. The molecule has 2 aromatic carbocycles. The van der Waals surface area contributed by atoms with E-state index in [1.54, 1.807) is 29.1 Å².